The third-order valence-electron chi connectivity index (χ3n) is 5.05. The summed E-state index contributed by atoms with van der Waals surface area (Å²) < 4.78 is 0. The molecule has 0 amide bonds. The van der Waals surface area contributed by atoms with Gasteiger partial charge in [0.25, 0.3) is 0 Å². The predicted octanol–water partition coefficient (Wildman–Crippen LogP) is 4.92. The SMILES string of the molecule is CCC(=N)N1CCC(C(c2ccccc2)c2ccccc2)CC1. The second-order valence-corrected chi connectivity index (χ2v) is 6.42. The average Bonchev–Trinajstić information content (AvgIpc) is 2.64. The smallest absolute Gasteiger partial charge is 0.0954 e. The van der Waals surface area contributed by atoms with Crippen LogP contribution < -0.4 is 0 Å². The maximum absolute atomic E-state index is 8.06. The van der Waals surface area contributed by atoms with Crippen LogP contribution in [0.4, 0.5) is 0 Å². The van der Waals surface area contributed by atoms with Crippen molar-refractivity contribution in [3.05, 3.63) is 71.8 Å². The minimum Gasteiger partial charge on any atom is -0.361 e. The molecule has 0 radical (unpaired) electrons. The fourth-order valence-electron chi connectivity index (χ4n) is 3.78. The molecule has 0 atom stereocenters. The number of nitrogens with zero attached hydrogens (tertiary/aromatic N) is 1. The summed E-state index contributed by atoms with van der Waals surface area (Å²) in [6, 6.07) is 21.8. The highest BCUT2D eigenvalue weighted by Gasteiger charge is 2.29. The van der Waals surface area contributed by atoms with Crippen LogP contribution in [-0.4, -0.2) is 23.8 Å². The molecule has 1 N–H and O–H groups in total. The van der Waals surface area contributed by atoms with Crippen LogP contribution in [0.2, 0.25) is 0 Å². The fraction of sp³-hybridized carbons (Fsp3) is 0.381. The van der Waals surface area contributed by atoms with Crippen LogP contribution in [0.5, 0.6) is 0 Å². The van der Waals surface area contributed by atoms with Crippen molar-refractivity contribution in [3.63, 3.8) is 0 Å². The molecule has 1 aliphatic heterocycles. The van der Waals surface area contributed by atoms with E-state index in [2.05, 4.69) is 72.5 Å². The highest BCUT2D eigenvalue weighted by molar-refractivity contribution is 5.78. The van der Waals surface area contributed by atoms with Gasteiger partial charge in [-0.1, -0.05) is 67.6 Å². The number of rotatable bonds is 4. The highest BCUT2D eigenvalue weighted by atomic mass is 15.2. The molecule has 120 valence electrons. The maximum atomic E-state index is 8.06. The molecule has 0 bridgehead atoms. The lowest BCUT2D eigenvalue weighted by molar-refractivity contribution is 0.245. The summed E-state index contributed by atoms with van der Waals surface area (Å²) in [5.41, 5.74) is 2.84. The molecule has 2 nitrogen and oxygen atoms in total. The highest BCUT2D eigenvalue weighted by Crippen LogP contribution is 2.37. The largest absolute Gasteiger partial charge is 0.361 e. The number of piperidine rings is 1. The number of nitrogens with one attached hydrogen (secondary N) is 1. The first-order valence-corrected chi connectivity index (χ1v) is 8.72. The standard InChI is InChI=1S/C21H26N2/c1-2-20(22)23-15-13-19(14-16-23)21(17-9-5-3-6-10-17)18-11-7-4-8-12-18/h3-12,19,21-22H,2,13-16H2,1H3. The molecule has 0 unspecified atom stereocenters. The summed E-state index contributed by atoms with van der Waals surface area (Å²) in [5, 5.41) is 8.06. The van der Waals surface area contributed by atoms with Crippen LogP contribution >= 0.6 is 0 Å². The summed E-state index contributed by atoms with van der Waals surface area (Å²) in [7, 11) is 0. The molecular weight excluding hydrogens is 280 g/mol. The zero-order valence-electron chi connectivity index (χ0n) is 13.9. The van der Waals surface area contributed by atoms with Gasteiger partial charge in [0, 0.05) is 25.4 Å². The minimum absolute atomic E-state index is 0.468. The lowest BCUT2D eigenvalue weighted by atomic mass is 9.76. The van der Waals surface area contributed by atoms with Gasteiger partial charge < -0.3 is 4.90 Å². The maximum Gasteiger partial charge on any atom is 0.0954 e. The van der Waals surface area contributed by atoms with Crippen LogP contribution in [0.1, 0.15) is 43.2 Å². The van der Waals surface area contributed by atoms with E-state index in [1.54, 1.807) is 0 Å². The lowest BCUT2D eigenvalue weighted by Gasteiger charge is -2.37. The van der Waals surface area contributed by atoms with Gasteiger partial charge in [0.1, 0.15) is 0 Å². The summed E-state index contributed by atoms with van der Waals surface area (Å²) >= 11 is 0. The Bertz CT molecular complexity index is 573. The summed E-state index contributed by atoms with van der Waals surface area (Å²) in [5.74, 6) is 1.91. The lowest BCUT2D eigenvalue weighted by Crippen LogP contribution is -2.39. The molecule has 0 saturated carbocycles. The monoisotopic (exact) mass is 306 g/mol. The van der Waals surface area contributed by atoms with Crippen LogP contribution in [0.15, 0.2) is 60.7 Å². The number of hydrogen-bond donors (Lipinski definition) is 1. The third-order valence-corrected chi connectivity index (χ3v) is 5.05. The van der Waals surface area contributed by atoms with Crippen LogP contribution in [0.25, 0.3) is 0 Å². The number of hydrogen-bond acceptors (Lipinski definition) is 1. The van der Waals surface area contributed by atoms with Gasteiger partial charge in [-0.3, -0.25) is 5.41 Å². The molecule has 0 aromatic heterocycles. The molecule has 0 aliphatic carbocycles. The molecule has 3 rings (SSSR count). The fourth-order valence-corrected chi connectivity index (χ4v) is 3.78. The first kappa shape index (κ1) is 15.8. The van der Waals surface area contributed by atoms with Crippen LogP contribution in [-0.2, 0) is 0 Å². The summed E-state index contributed by atoms with van der Waals surface area (Å²) in [6.45, 7) is 4.12. The van der Waals surface area contributed by atoms with Crippen molar-refractivity contribution < 1.29 is 0 Å². The molecule has 1 aliphatic rings. The van der Waals surface area contributed by atoms with E-state index in [1.807, 2.05) is 0 Å². The van der Waals surface area contributed by atoms with Gasteiger partial charge in [-0.15, -0.1) is 0 Å². The Balaban J connectivity index is 1.82. The normalized spacial score (nSPS) is 15.8. The van der Waals surface area contributed by atoms with Crippen LogP contribution in [0.3, 0.4) is 0 Å². The van der Waals surface area contributed by atoms with E-state index in [0.29, 0.717) is 11.8 Å². The van der Waals surface area contributed by atoms with Gasteiger partial charge in [-0.25, -0.2) is 0 Å². The Morgan fingerprint density at radius 2 is 1.43 bits per heavy atom. The van der Waals surface area contributed by atoms with E-state index >= 15 is 0 Å². The van der Waals surface area contributed by atoms with Gasteiger partial charge in [-0.2, -0.15) is 0 Å². The van der Waals surface area contributed by atoms with Gasteiger partial charge >= 0.3 is 0 Å². The third kappa shape index (κ3) is 3.64. The molecule has 2 aromatic carbocycles. The number of likely N-dealkylation sites (tertiary alicyclic amines) is 1. The quantitative estimate of drug-likeness (QED) is 0.630. The van der Waals surface area contributed by atoms with E-state index in [9.17, 15) is 0 Å². The van der Waals surface area contributed by atoms with Crippen molar-refractivity contribution in [3.8, 4) is 0 Å². The van der Waals surface area contributed by atoms with Crippen molar-refractivity contribution in [2.45, 2.75) is 32.1 Å². The van der Waals surface area contributed by atoms with Gasteiger partial charge in [0.05, 0.1) is 5.84 Å². The summed E-state index contributed by atoms with van der Waals surface area (Å²) in [4.78, 5) is 2.25. The number of amidine groups is 1. The van der Waals surface area contributed by atoms with Gasteiger partial charge in [0.15, 0.2) is 0 Å². The molecule has 1 saturated heterocycles. The minimum atomic E-state index is 0.468. The van der Waals surface area contributed by atoms with Gasteiger partial charge in [-0.05, 0) is 29.9 Å². The molecular formula is C21H26N2. The first-order chi connectivity index (χ1) is 11.3. The van der Waals surface area contributed by atoms with Crippen molar-refractivity contribution >= 4 is 5.84 Å². The second kappa shape index (κ2) is 7.45. The predicted molar refractivity (Wildman–Crippen MR) is 97.0 cm³/mol. The van der Waals surface area contributed by atoms with E-state index < -0.39 is 0 Å². The van der Waals surface area contributed by atoms with E-state index in [0.717, 1.165) is 38.2 Å². The molecule has 1 fully saturated rings. The van der Waals surface area contributed by atoms with Gasteiger partial charge in [0.2, 0.25) is 0 Å². The zero-order valence-corrected chi connectivity index (χ0v) is 13.9. The Hall–Kier alpha value is -2.09. The van der Waals surface area contributed by atoms with Crippen molar-refractivity contribution in [2.24, 2.45) is 5.92 Å². The van der Waals surface area contributed by atoms with E-state index in [1.165, 1.54) is 11.1 Å². The molecule has 1 heterocycles. The average molecular weight is 306 g/mol. The van der Waals surface area contributed by atoms with Crippen molar-refractivity contribution in [1.29, 1.82) is 5.41 Å². The molecule has 0 spiro atoms. The Morgan fingerprint density at radius 1 is 0.957 bits per heavy atom. The molecule has 2 heteroatoms. The number of benzene rings is 2. The first-order valence-electron chi connectivity index (χ1n) is 8.72. The zero-order chi connectivity index (χ0) is 16.1. The Kier molecular flexibility index (Phi) is 5.12. The summed E-state index contributed by atoms with van der Waals surface area (Å²) in [6.07, 6.45) is 3.17. The van der Waals surface area contributed by atoms with E-state index in [4.69, 9.17) is 5.41 Å². The topological polar surface area (TPSA) is 27.1 Å². The second-order valence-electron chi connectivity index (χ2n) is 6.42. The Morgan fingerprint density at radius 3 is 1.87 bits per heavy atom. The molecule has 2 aromatic rings. The molecule has 23 heavy (non-hydrogen) atoms. The van der Waals surface area contributed by atoms with Crippen molar-refractivity contribution in [1.82, 2.24) is 4.90 Å². The van der Waals surface area contributed by atoms with E-state index in [-0.39, 0.29) is 0 Å². The van der Waals surface area contributed by atoms with Crippen molar-refractivity contribution in [2.75, 3.05) is 13.1 Å². The van der Waals surface area contributed by atoms with Crippen LogP contribution in [0, 0.1) is 11.3 Å². The Labute approximate surface area is 139 Å².